The van der Waals surface area contributed by atoms with Crippen LogP contribution in [0.2, 0.25) is 0 Å². The fourth-order valence-corrected chi connectivity index (χ4v) is 3.72. The number of aryl methyl sites for hydroxylation is 1. The quantitative estimate of drug-likeness (QED) is 0.442. The molecule has 0 fully saturated rings. The van der Waals surface area contributed by atoms with E-state index in [4.69, 9.17) is 9.47 Å². The highest BCUT2D eigenvalue weighted by molar-refractivity contribution is 6.08. The molecular formula is C22H18O3. The van der Waals surface area contributed by atoms with Crippen LogP contribution in [0.3, 0.4) is 0 Å². The van der Waals surface area contributed by atoms with Crippen molar-refractivity contribution in [2.24, 2.45) is 0 Å². The molecule has 2 aliphatic rings. The molecule has 0 saturated heterocycles. The largest absolute Gasteiger partial charge is 0.508 e. The standard InChI is InChI=1S/C22H18O3/c1-12-8-16-15-11-14(23)4-5-18(15)24-19-10-13-6-7-22(2,3)25-21(13)17(9-12)20(16)19/h4-11,23H,1-3H3. The average molecular weight is 330 g/mol. The molecule has 1 N–H and O–H groups in total. The van der Waals surface area contributed by atoms with Crippen LogP contribution in [0.1, 0.15) is 25.0 Å². The van der Waals surface area contributed by atoms with Gasteiger partial charge >= 0.3 is 0 Å². The molecule has 0 atom stereocenters. The molecule has 3 nitrogen and oxygen atoms in total. The van der Waals surface area contributed by atoms with Crippen molar-refractivity contribution in [2.45, 2.75) is 26.4 Å². The van der Waals surface area contributed by atoms with Gasteiger partial charge in [-0.05, 0) is 68.3 Å². The van der Waals surface area contributed by atoms with Gasteiger partial charge in [0.1, 0.15) is 28.6 Å². The number of benzene rings is 3. The monoisotopic (exact) mass is 330 g/mol. The Morgan fingerprint density at radius 1 is 0.960 bits per heavy atom. The van der Waals surface area contributed by atoms with E-state index in [1.165, 1.54) is 0 Å². The number of hydrogen-bond acceptors (Lipinski definition) is 3. The molecular weight excluding hydrogens is 312 g/mol. The lowest BCUT2D eigenvalue weighted by Crippen LogP contribution is -2.27. The van der Waals surface area contributed by atoms with Crippen LogP contribution < -0.4 is 9.47 Å². The lowest BCUT2D eigenvalue weighted by atomic mass is 9.90. The normalized spacial score (nSPS) is 16.0. The number of phenolic OH excluding ortho intramolecular Hbond substituents is 1. The Morgan fingerprint density at radius 2 is 1.80 bits per heavy atom. The van der Waals surface area contributed by atoms with E-state index in [1.54, 1.807) is 12.1 Å². The van der Waals surface area contributed by atoms with E-state index < -0.39 is 0 Å². The zero-order valence-corrected chi connectivity index (χ0v) is 14.4. The summed E-state index contributed by atoms with van der Waals surface area (Å²) in [6, 6.07) is 11.6. The molecule has 0 spiro atoms. The third-order valence-electron chi connectivity index (χ3n) is 4.83. The molecule has 3 aromatic carbocycles. The topological polar surface area (TPSA) is 38.7 Å². The highest BCUT2D eigenvalue weighted by Crippen LogP contribution is 2.52. The fraction of sp³-hybridized carbons (Fsp3) is 0.182. The van der Waals surface area contributed by atoms with Gasteiger partial charge in [0.25, 0.3) is 0 Å². The average Bonchev–Trinajstić information content (AvgIpc) is 2.55. The SMILES string of the molecule is Cc1cc2c3c(cc4c(c3c1)OC(C)(C)C=C4)Oc1ccc(O)cc1-2. The van der Waals surface area contributed by atoms with Crippen molar-refractivity contribution in [3.05, 3.63) is 53.6 Å². The highest BCUT2D eigenvalue weighted by Gasteiger charge is 2.28. The molecule has 124 valence electrons. The third kappa shape index (κ3) is 2.05. The van der Waals surface area contributed by atoms with Gasteiger partial charge in [0.2, 0.25) is 0 Å². The molecule has 0 bridgehead atoms. The van der Waals surface area contributed by atoms with Crippen LogP contribution in [0.25, 0.3) is 28.0 Å². The Hall–Kier alpha value is -2.94. The van der Waals surface area contributed by atoms with Crippen molar-refractivity contribution in [3.8, 4) is 34.1 Å². The number of aromatic hydroxyl groups is 1. The minimum Gasteiger partial charge on any atom is -0.508 e. The first kappa shape index (κ1) is 14.4. The lowest BCUT2D eigenvalue weighted by Gasteiger charge is -2.31. The van der Waals surface area contributed by atoms with E-state index >= 15 is 0 Å². The van der Waals surface area contributed by atoms with E-state index in [-0.39, 0.29) is 11.4 Å². The molecule has 2 aliphatic heterocycles. The van der Waals surface area contributed by atoms with Crippen LogP contribution in [-0.2, 0) is 0 Å². The number of hydrogen-bond donors (Lipinski definition) is 1. The Labute approximate surface area is 146 Å². The van der Waals surface area contributed by atoms with Crippen molar-refractivity contribution in [1.29, 1.82) is 0 Å². The van der Waals surface area contributed by atoms with Gasteiger partial charge in [-0.25, -0.2) is 0 Å². The summed E-state index contributed by atoms with van der Waals surface area (Å²) < 4.78 is 12.4. The summed E-state index contributed by atoms with van der Waals surface area (Å²) >= 11 is 0. The van der Waals surface area contributed by atoms with Crippen LogP contribution in [0, 0.1) is 6.92 Å². The highest BCUT2D eigenvalue weighted by atomic mass is 16.5. The van der Waals surface area contributed by atoms with E-state index in [2.05, 4.69) is 45.1 Å². The number of phenols is 1. The third-order valence-corrected chi connectivity index (χ3v) is 4.83. The molecule has 0 radical (unpaired) electrons. The first-order valence-electron chi connectivity index (χ1n) is 8.42. The number of rotatable bonds is 0. The Bertz CT molecular complexity index is 1090. The van der Waals surface area contributed by atoms with Gasteiger partial charge in [0, 0.05) is 21.9 Å². The summed E-state index contributed by atoms with van der Waals surface area (Å²) in [7, 11) is 0. The van der Waals surface area contributed by atoms with Crippen LogP contribution in [-0.4, -0.2) is 10.7 Å². The molecule has 0 saturated carbocycles. The van der Waals surface area contributed by atoms with Gasteiger partial charge in [-0.3, -0.25) is 0 Å². The molecule has 3 aromatic rings. The van der Waals surface area contributed by atoms with Gasteiger partial charge in [0.15, 0.2) is 0 Å². The van der Waals surface area contributed by atoms with Crippen LogP contribution in [0.4, 0.5) is 0 Å². The fourth-order valence-electron chi connectivity index (χ4n) is 3.72. The second kappa shape index (κ2) is 4.57. The van der Waals surface area contributed by atoms with Crippen molar-refractivity contribution in [2.75, 3.05) is 0 Å². The zero-order valence-electron chi connectivity index (χ0n) is 14.4. The Balaban J connectivity index is 1.91. The van der Waals surface area contributed by atoms with E-state index in [0.717, 1.165) is 50.3 Å². The van der Waals surface area contributed by atoms with Gasteiger partial charge < -0.3 is 14.6 Å². The smallest absolute Gasteiger partial charge is 0.136 e. The van der Waals surface area contributed by atoms with E-state index in [0.29, 0.717) is 0 Å². The molecule has 2 heterocycles. The lowest BCUT2D eigenvalue weighted by molar-refractivity contribution is 0.161. The second-order valence-electron chi connectivity index (χ2n) is 7.35. The van der Waals surface area contributed by atoms with Crippen molar-refractivity contribution < 1.29 is 14.6 Å². The summed E-state index contributed by atoms with van der Waals surface area (Å²) in [6.45, 7) is 6.19. The van der Waals surface area contributed by atoms with Gasteiger partial charge in [-0.1, -0.05) is 12.1 Å². The van der Waals surface area contributed by atoms with Crippen LogP contribution in [0.15, 0.2) is 42.5 Å². The summed E-state index contributed by atoms with van der Waals surface area (Å²) in [4.78, 5) is 0. The molecule has 25 heavy (non-hydrogen) atoms. The Kier molecular flexibility index (Phi) is 2.63. The van der Waals surface area contributed by atoms with Gasteiger partial charge in [-0.15, -0.1) is 0 Å². The van der Waals surface area contributed by atoms with Crippen molar-refractivity contribution in [1.82, 2.24) is 0 Å². The Morgan fingerprint density at radius 3 is 2.64 bits per heavy atom. The summed E-state index contributed by atoms with van der Waals surface area (Å²) in [5.41, 5.74) is 3.81. The van der Waals surface area contributed by atoms with Crippen LogP contribution in [0.5, 0.6) is 23.0 Å². The minimum absolute atomic E-state index is 0.235. The predicted octanol–water partition coefficient (Wildman–Crippen LogP) is 5.81. The maximum Gasteiger partial charge on any atom is 0.136 e. The summed E-state index contributed by atoms with van der Waals surface area (Å²) in [5, 5.41) is 12.0. The molecule has 5 rings (SSSR count). The minimum atomic E-state index is -0.341. The molecule has 0 aromatic heterocycles. The summed E-state index contributed by atoms with van der Waals surface area (Å²) in [6.07, 6.45) is 4.17. The molecule has 0 amide bonds. The first-order valence-corrected chi connectivity index (χ1v) is 8.42. The molecule has 0 aliphatic carbocycles. The zero-order chi connectivity index (χ0) is 17.3. The summed E-state index contributed by atoms with van der Waals surface area (Å²) in [5.74, 6) is 2.72. The van der Waals surface area contributed by atoms with Crippen LogP contribution >= 0.6 is 0 Å². The number of fused-ring (bicyclic) bond motifs is 4. The van der Waals surface area contributed by atoms with E-state index in [9.17, 15) is 5.11 Å². The molecule has 0 unspecified atom stereocenters. The molecule has 3 heteroatoms. The first-order chi connectivity index (χ1) is 11.9. The second-order valence-corrected chi connectivity index (χ2v) is 7.35. The maximum absolute atomic E-state index is 9.93. The predicted molar refractivity (Wildman–Crippen MR) is 99.6 cm³/mol. The van der Waals surface area contributed by atoms with Crippen molar-refractivity contribution >= 4 is 16.8 Å². The van der Waals surface area contributed by atoms with Gasteiger partial charge in [0.05, 0.1) is 0 Å². The maximum atomic E-state index is 9.93. The van der Waals surface area contributed by atoms with E-state index in [1.807, 2.05) is 12.1 Å². The van der Waals surface area contributed by atoms with Gasteiger partial charge in [-0.2, -0.15) is 0 Å². The van der Waals surface area contributed by atoms with Crippen molar-refractivity contribution in [3.63, 3.8) is 0 Å². The number of ether oxygens (including phenoxy) is 2.